The first kappa shape index (κ1) is 31.6. The van der Waals surface area contributed by atoms with Crippen LogP contribution in [0.3, 0.4) is 0 Å². The molecule has 0 bridgehead atoms. The SMILES string of the molecule is CC(=O)OC1[C@@H](O)[C@H](O[C@@H]2OC(C)[C@H](O)C(O)[C@@H]2O)C(CO)O[C@H]1c1c(O)cc(O)c2c(=O)cc(-c3ccc(O)cc3)oc12. The number of rotatable bonds is 6. The Morgan fingerprint density at radius 2 is 1.57 bits per heavy atom. The van der Waals surface area contributed by atoms with Crippen LogP contribution >= 0.6 is 0 Å². The van der Waals surface area contributed by atoms with Crippen molar-refractivity contribution >= 4 is 16.9 Å². The standard InChI is InChI=1S/C29H32O15/c1-10-21(36)22(37)23(38)29(40-10)44-25-18(9-30)43-27(28(24(25)39)41-11(2)31)20-15(34)7-14(33)19-16(35)8-17(42-26(19)20)12-3-5-13(32)6-4-12/h3-8,10,18,21-25,27-30,32-34,36-39H,9H2,1-2H3/t10?,18?,21-,22?,23-,24-,25+,27-,28?,29-/m0/s1. The number of aliphatic hydroxyl groups is 5. The molecular formula is C29H32O15. The highest BCUT2D eigenvalue weighted by Crippen LogP contribution is 2.45. The fraction of sp³-hybridized carbons (Fsp3) is 0.448. The maximum absolute atomic E-state index is 13.2. The number of esters is 1. The van der Waals surface area contributed by atoms with Crippen molar-refractivity contribution in [3.8, 4) is 28.6 Å². The summed E-state index contributed by atoms with van der Waals surface area (Å²) in [4.78, 5) is 25.3. The lowest BCUT2D eigenvalue weighted by Gasteiger charge is -2.46. The Morgan fingerprint density at radius 1 is 0.886 bits per heavy atom. The highest BCUT2D eigenvalue weighted by atomic mass is 16.7. The molecule has 0 amide bonds. The summed E-state index contributed by atoms with van der Waals surface area (Å²) in [7, 11) is 0. The third-order valence-corrected chi connectivity index (χ3v) is 7.68. The highest BCUT2D eigenvalue weighted by molar-refractivity contribution is 5.89. The molecule has 1 aromatic heterocycles. The second kappa shape index (κ2) is 12.3. The molecule has 3 heterocycles. The monoisotopic (exact) mass is 620 g/mol. The van der Waals surface area contributed by atoms with Crippen LogP contribution in [0.25, 0.3) is 22.3 Å². The number of ether oxygens (including phenoxy) is 4. The molecule has 0 saturated carbocycles. The van der Waals surface area contributed by atoms with Crippen molar-refractivity contribution < 1.29 is 69.0 Å². The Labute approximate surface area is 248 Å². The summed E-state index contributed by atoms with van der Waals surface area (Å²) >= 11 is 0. The molecule has 0 spiro atoms. The molecule has 15 heteroatoms. The molecule has 0 radical (unpaired) electrons. The molecule has 5 rings (SSSR count). The zero-order chi connectivity index (χ0) is 32.0. The van der Waals surface area contributed by atoms with Crippen LogP contribution in [0.15, 0.2) is 45.6 Å². The second-order valence-corrected chi connectivity index (χ2v) is 10.7. The van der Waals surface area contributed by atoms with Crippen LogP contribution in [-0.4, -0.2) is 109 Å². The van der Waals surface area contributed by atoms with Gasteiger partial charge in [0.15, 0.2) is 23.4 Å². The number of fused-ring (bicyclic) bond motifs is 1. The van der Waals surface area contributed by atoms with Crippen molar-refractivity contribution in [1.82, 2.24) is 0 Å². The molecule has 4 unspecified atom stereocenters. The van der Waals surface area contributed by atoms with Gasteiger partial charge in [0.1, 0.15) is 71.1 Å². The number of carbonyl (C=O) groups is 1. The number of benzene rings is 2. The molecule has 2 fully saturated rings. The van der Waals surface area contributed by atoms with Gasteiger partial charge < -0.3 is 64.2 Å². The minimum absolute atomic E-state index is 0.0348. The average Bonchev–Trinajstić information content (AvgIpc) is 2.97. The van der Waals surface area contributed by atoms with E-state index in [1.165, 1.54) is 31.2 Å². The predicted octanol–water partition coefficient (Wildman–Crippen LogP) is -0.486. The maximum atomic E-state index is 13.2. The average molecular weight is 621 g/mol. The summed E-state index contributed by atoms with van der Waals surface area (Å²) in [6.45, 7) is 1.61. The molecule has 2 aliphatic rings. The first-order valence-electron chi connectivity index (χ1n) is 13.6. The van der Waals surface area contributed by atoms with Crippen LogP contribution in [-0.2, 0) is 23.7 Å². The van der Waals surface area contributed by atoms with Crippen molar-refractivity contribution in [2.24, 2.45) is 0 Å². The third kappa shape index (κ3) is 5.71. The molecule has 8 N–H and O–H groups in total. The summed E-state index contributed by atoms with van der Waals surface area (Å²) in [5.41, 5.74) is -1.10. The van der Waals surface area contributed by atoms with E-state index in [0.717, 1.165) is 19.1 Å². The molecule has 15 nitrogen and oxygen atoms in total. The Bertz CT molecular complexity index is 1570. The van der Waals surface area contributed by atoms with Gasteiger partial charge in [-0.05, 0) is 31.2 Å². The number of phenolic OH excluding ortho intramolecular Hbond substituents is 3. The second-order valence-electron chi connectivity index (χ2n) is 10.7. The van der Waals surface area contributed by atoms with Gasteiger partial charge in [-0.3, -0.25) is 9.59 Å². The van der Waals surface area contributed by atoms with E-state index in [4.69, 9.17) is 23.4 Å². The largest absolute Gasteiger partial charge is 0.508 e. The fourth-order valence-corrected chi connectivity index (χ4v) is 5.44. The summed E-state index contributed by atoms with van der Waals surface area (Å²) in [6, 6.07) is 7.51. The molecule has 44 heavy (non-hydrogen) atoms. The smallest absolute Gasteiger partial charge is 0.303 e. The Balaban J connectivity index is 1.60. The molecule has 3 aromatic rings. The number of aromatic hydroxyl groups is 3. The number of carbonyl (C=O) groups excluding carboxylic acids is 1. The van der Waals surface area contributed by atoms with Crippen LogP contribution in [0.5, 0.6) is 17.2 Å². The Kier molecular flexibility index (Phi) is 8.84. The van der Waals surface area contributed by atoms with E-state index in [9.17, 15) is 50.4 Å². The van der Waals surface area contributed by atoms with Gasteiger partial charge in [0.05, 0.1) is 18.3 Å². The van der Waals surface area contributed by atoms with Gasteiger partial charge in [-0.2, -0.15) is 0 Å². The van der Waals surface area contributed by atoms with Crippen molar-refractivity contribution in [3.05, 3.63) is 52.2 Å². The normalized spacial score (nSPS) is 32.4. The number of aliphatic hydroxyl groups excluding tert-OH is 5. The Morgan fingerprint density at radius 3 is 2.20 bits per heavy atom. The van der Waals surface area contributed by atoms with Gasteiger partial charge >= 0.3 is 5.97 Å². The first-order valence-corrected chi connectivity index (χ1v) is 13.6. The van der Waals surface area contributed by atoms with Gasteiger partial charge in [0.25, 0.3) is 0 Å². The summed E-state index contributed by atoms with van der Waals surface area (Å²) in [5.74, 6) is -2.32. The van der Waals surface area contributed by atoms with Crippen LogP contribution in [0, 0.1) is 0 Å². The summed E-state index contributed by atoms with van der Waals surface area (Å²) < 4.78 is 28.5. The zero-order valence-electron chi connectivity index (χ0n) is 23.4. The summed E-state index contributed by atoms with van der Waals surface area (Å²) in [6.07, 6.45) is -15.7. The number of hydrogen-bond acceptors (Lipinski definition) is 15. The minimum Gasteiger partial charge on any atom is -0.508 e. The number of hydrogen-bond donors (Lipinski definition) is 8. The lowest BCUT2D eigenvalue weighted by molar-refractivity contribution is -0.338. The van der Waals surface area contributed by atoms with Crippen molar-refractivity contribution in [2.75, 3.05) is 6.61 Å². The van der Waals surface area contributed by atoms with Gasteiger partial charge in [-0.25, -0.2) is 0 Å². The van der Waals surface area contributed by atoms with Crippen LogP contribution in [0.1, 0.15) is 25.5 Å². The van der Waals surface area contributed by atoms with E-state index >= 15 is 0 Å². The van der Waals surface area contributed by atoms with Gasteiger partial charge in [-0.1, -0.05) is 0 Å². The fourth-order valence-electron chi connectivity index (χ4n) is 5.44. The third-order valence-electron chi connectivity index (χ3n) is 7.68. The molecule has 2 saturated heterocycles. The van der Waals surface area contributed by atoms with Crippen molar-refractivity contribution in [1.29, 1.82) is 0 Å². The van der Waals surface area contributed by atoms with E-state index in [0.29, 0.717) is 5.56 Å². The predicted molar refractivity (Wildman–Crippen MR) is 146 cm³/mol. The van der Waals surface area contributed by atoms with Gasteiger partial charge in [0, 0.05) is 24.6 Å². The lowest BCUT2D eigenvalue weighted by Crippen LogP contribution is -2.62. The van der Waals surface area contributed by atoms with Gasteiger partial charge in [0.2, 0.25) is 0 Å². The van der Waals surface area contributed by atoms with Crippen molar-refractivity contribution in [2.45, 2.75) is 75.1 Å². The summed E-state index contributed by atoms with van der Waals surface area (Å²) in [5, 5.41) is 83.2. The van der Waals surface area contributed by atoms with Gasteiger partial charge in [-0.15, -0.1) is 0 Å². The molecule has 0 aliphatic carbocycles. The molecule has 2 aromatic carbocycles. The molecule has 10 atom stereocenters. The van der Waals surface area contributed by atoms with Crippen LogP contribution < -0.4 is 5.43 Å². The molecule has 238 valence electrons. The van der Waals surface area contributed by atoms with E-state index in [1.54, 1.807) is 0 Å². The Hall–Kier alpha value is -3.80. The van der Waals surface area contributed by atoms with Crippen LogP contribution in [0.4, 0.5) is 0 Å². The van der Waals surface area contributed by atoms with Crippen molar-refractivity contribution in [3.63, 3.8) is 0 Å². The minimum atomic E-state index is -1.85. The molecule has 2 aliphatic heterocycles. The quantitative estimate of drug-likeness (QED) is 0.162. The van der Waals surface area contributed by atoms with E-state index in [-0.39, 0.29) is 28.0 Å². The number of phenols is 3. The van der Waals surface area contributed by atoms with E-state index in [1.807, 2.05) is 0 Å². The highest BCUT2D eigenvalue weighted by Gasteiger charge is 2.52. The topological polar surface area (TPSA) is 246 Å². The zero-order valence-corrected chi connectivity index (χ0v) is 23.4. The molecular weight excluding hydrogens is 588 g/mol. The first-order chi connectivity index (χ1) is 20.8. The van der Waals surface area contributed by atoms with E-state index < -0.39 is 90.7 Å². The maximum Gasteiger partial charge on any atom is 0.303 e. The van der Waals surface area contributed by atoms with E-state index in [2.05, 4.69) is 0 Å². The van der Waals surface area contributed by atoms with Crippen LogP contribution in [0.2, 0.25) is 0 Å². The lowest BCUT2D eigenvalue weighted by atomic mass is 9.89.